The standard InChI is InChI=1S/C25H23ClF3N5O3/c1-13(22(36)32-20(21(35)25(27,28)29)14-6-4-3-5-7-14)34-12-16-9-8-15(10-17(16)23(34)37)19-18(26)11-31-24(30-2)33-19/h3-11,13,20-21,35H,12H2,1-2H3,(H,32,36)(H,30,31,33)/t13-,20+,21-/m1/s1. The van der Waals surface area contributed by atoms with Crippen LogP contribution in [0.2, 0.25) is 5.02 Å². The average Bonchev–Trinajstić information content (AvgIpc) is 3.22. The van der Waals surface area contributed by atoms with E-state index in [0.29, 0.717) is 28.3 Å². The Labute approximate surface area is 215 Å². The van der Waals surface area contributed by atoms with Gasteiger partial charge in [0.25, 0.3) is 5.91 Å². The predicted molar refractivity (Wildman–Crippen MR) is 131 cm³/mol. The van der Waals surface area contributed by atoms with Crippen LogP contribution in [0.15, 0.2) is 54.7 Å². The maximum Gasteiger partial charge on any atom is 0.416 e. The number of fused-ring (bicyclic) bond motifs is 1. The molecule has 8 nitrogen and oxygen atoms in total. The molecular formula is C25H23ClF3N5O3. The minimum absolute atomic E-state index is 0.0798. The van der Waals surface area contributed by atoms with Crippen LogP contribution < -0.4 is 10.6 Å². The van der Waals surface area contributed by atoms with Crippen LogP contribution in [0.25, 0.3) is 11.3 Å². The average molecular weight is 534 g/mol. The second-order valence-electron chi connectivity index (χ2n) is 8.50. The zero-order valence-electron chi connectivity index (χ0n) is 19.8. The third kappa shape index (κ3) is 5.37. The molecule has 0 radical (unpaired) electrons. The first-order chi connectivity index (χ1) is 17.5. The lowest BCUT2D eigenvalue weighted by Crippen LogP contribution is -2.50. The number of hydrogen-bond acceptors (Lipinski definition) is 6. The van der Waals surface area contributed by atoms with Gasteiger partial charge in [-0.25, -0.2) is 9.97 Å². The van der Waals surface area contributed by atoms with E-state index < -0.39 is 36.2 Å². The number of nitrogens with one attached hydrogen (secondary N) is 2. The highest BCUT2D eigenvalue weighted by atomic mass is 35.5. The van der Waals surface area contributed by atoms with Gasteiger partial charge < -0.3 is 20.6 Å². The molecule has 3 N–H and O–H groups in total. The van der Waals surface area contributed by atoms with E-state index >= 15 is 0 Å². The third-order valence-corrected chi connectivity index (χ3v) is 6.41. The summed E-state index contributed by atoms with van der Waals surface area (Å²) in [5, 5.41) is 15.3. The van der Waals surface area contributed by atoms with Crippen LogP contribution in [-0.4, -0.2) is 57.2 Å². The summed E-state index contributed by atoms with van der Waals surface area (Å²) in [6.45, 7) is 1.50. The molecule has 0 bridgehead atoms. The van der Waals surface area contributed by atoms with Crippen LogP contribution in [0, 0.1) is 0 Å². The quantitative estimate of drug-likeness (QED) is 0.424. The molecule has 2 aromatic carbocycles. The maximum absolute atomic E-state index is 13.3. The fourth-order valence-electron chi connectivity index (χ4n) is 4.08. The Morgan fingerprint density at radius 2 is 1.89 bits per heavy atom. The number of amides is 2. The fourth-order valence-corrected chi connectivity index (χ4v) is 4.28. The van der Waals surface area contributed by atoms with E-state index in [9.17, 15) is 27.9 Å². The molecule has 1 aromatic heterocycles. The number of aromatic nitrogens is 2. The number of anilines is 1. The normalized spacial score (nSPS) is 15.6. The zero-order chi connectivity index (χ0) is 26.9. The summed E-state index contributed by atoms with van der Waals surface area (Å²) in [5.74, 6) is -0.964. The first-order valence-corrected chi connectivity index (χ1v) is 11.6. The first-order valence-electron chi connectivity index (χ1n) is 11.3. The van der Waals surface area contributed by atoms with Crippen molar-refractivity contribution in [2.45, 2.75) is 37.8 Å². The molecule has 12 heteroatoms. The molecule has 1 aliphatic rings. The lowest BCUT2D eigenvalue weighted by Gasteiger charge is -2.30. The van der Waals surface area contributed by atoms with Crippen molar-refractivity contribution in [3.63, 3.8) is 0 Å². The van der Waals surface area contributed by atoms with Gasteiger partial charge in [0.05, 0.1) is 23.0 Å². The molecule has 37 heavy (non-hydrogen) atoms. The van der Waals surface area contributed by atoms with Crippen LogP contribution in [0.3, 0.4) is 0 Å². The lowest BCUT2D eigenvalue weighted by atomic mass is 10.0. The molecular weight excluding hydrogens is 511 g/mol. The Balaban J connectivity index is 1.56. The van der Waals surface area contributed by atoms with Gasteiger partial charge in [0.15, 0.2) is 6.10 Å². The molecule has 0 unspecified atom stereocenters. The molecule has 0 saturated carbocycles. The molecule has 1 aliphatic heterocycles. The number of hydrogen-bond donors (Lipinski definition) is 3. The number of halogens is 4. The van der Waals surface area contributed by atoms with E-state index in [1.165, 1.54) is 42.3 Å². The van der Waals surface area contributed by atoms with Gasteiger partial charge in [-0.15, -0.1) is 0 Å². The van der Waals surface area contributed by atoms with Gasteiger partial charge >= 0.3 is 6.18 Å². The van der Waals surface area contributed by atoms with Gasteiger partial charge in [0, 0.05) is 24.7 Å². The Morgan fingerprint density at radius 1 is 1.19 bits per heavy atom. The van der Waals surface area contributed by atoms with Gasteiger partial charge in [-0.2, -0.15) is 13.2 Å². The number of rotatable bonds is 7. The SMILES string of the molecule is CNc1ncc(Cl)c(-c2ccc3c(c2)C(=O)N([C@H](C)C(=O)N[C@@H](c2ccccc2)[C@@H](O)C(F)(F)F)C3)n1. The van der Waals surface area contributed by atoms with Crippen molar-refractivity contribution < 1.29 is 27.9 Å². The van der Waals surface area contributed by atoms with Crippen molar-refractivity contribution in [3.8, 4) is 11.3 Å². The van der Waals surface area contributed by atoms with E-state index in [2.05, 4.69) is 20.6 Å². The van der Waals surface area contributed by atoms with Crippen molar-refractivity contribution in [3.05, 3.63) is 76.4 Å². The van der Waals surface area contributed by atoms with Crippen molar-refractivity contribution in [2.75, 3.05) is 12.4 Å². The summed E-state index contributed by atoms with van der Waals surface area (Å²) in [6.07, 6.45) is -6.37. The molecule has 3 aromatic rings. The van der Waals surface area contributed by atoms with Gasteiger partial charge in [-0.1, -0.05) is 54.1 Å². The molecule has 2 heterocycles. The van der Waals surface area contributed by atoms with Crippen molar-refractivity contribution in [1.29, 1.82) is 0 Å². The largest absolute Gasteiger partial charge is 0.416 e. The smallest absolute Gasteiger partial charge is 0.381 e. The summed E-state index contributed by atoms with van der Waals surface area (Å²) in [6, 6.07) is 9.55. The Hall–Kier alpha value is -3.70. The number of aliphatic hydroxyl groups excluding tert-OH is 1. The minimum atomic E-state index is -4.97. The van der Waals surface area contributed by atoms with E-state index in [1.807, 2.05) is 0 Å². The topological polar surface area (TPSA) is 107 Å². The fraction of sp³-hybridized carbons (Fsp3) is 0.280. The highest BCUT2D eigenvalue weighted by molar-refractivity contribution is 6.33. The highest BCUT2D eigenvalue weighted by Crippen LogP contribution is 2.33. The summed E-state index contributed by atoms with van der Waals surface area (Å²) in [7, 11) is 1.65. The first kappa shape index (κ1) is 26.4. The van der Waals surface area contributed by atoms with E-state index in [1.54, 1.807) is 31.3 Å². The summed E-state index contributed by atoms with van der Waals surface area (Å²) < 4.78 is 40.0. The minimum Gasteiger partial charge on any atom is -0.381 e. The molecule has 0 aliphatic carbocycles. The van der Waals surface area contributed by atoms with E-state index in [0.717, 1.165) is 0 Å². The van der Waals surface area contributed by atoms with Gasteiger partial charge in [0.1, 0.15) is 6.04 Å². The molecule has 2 amide bonds. The Kier molecular flexibility index (Phi) is 7.37. The number of carbonyl (C=O) groups excluding carboxylic acids is 2. The number of nitrogens with zero attached hydrogens (tertiary/aromatic N) is 3. The number of aliphatic hydroxyl groups is 1. The van der Waals surface area contributed by atoms with Crippen molar-refractivity contribution >= 4 is 29.4 Å². The second-order valence-corrected chi connectivity index (χ2v) is 8.91. The van der Waals surface area contributed by atoms with E-state index in [-0.39, 0.29) is 17.1 Å². The molecule has 0 saturated heterocycles. The molecule has 0 fully saturated rings. The lowest BCUT2D eigenvalue weighted by molar-refractivity contribution is -0.213. The van der Waals surface area contributed by atoms with Gasteiger partial charge in [-0.05, 0) is 24.1 Å². The number of benzene rings is 2. The van der Waals surface area contributed by atoms with Crippen LogP contribution in [0.5, 0.6) is 0 Å². The number of alkyl halides is 3. The Morgan fingerprint density at radius 3 is 2.54 bits per heavy atom. The predicted octanol–water partition coefficient (Wildman–Crippen LogP) is 3.96. The van der Waals surface area contributed by atoms with E-state index in [4.69, 9.17) is 11.6 Å². The number of carbonyl (C=O) groups is 2. The molecule has 4 rings (SSSR count). The molecule has 194 valence electrons. The summed E-state index contributed by atoms with van der Waals surface area (Å²) in [4.78, 5) is 35.9. The molecule has 3 atom stereocenters. The Bertz CT molecular complexity index is 1320. The van der Waals surface area contributed by atoms with Gasteiger partial charge in [0.2, 0.25) is 11.9 Å². The second kappa shape index (κ2) is 10.3. The zero-order valence-corrected chi connectivity index (χ0v) is 20.5. The van der Waals surface area contributed by atoms with Crippen LogP contribution in [0.1, 0.15) is 34.5 Å². The van der Waals surface area contributed by atoms with Crippen LogP contribution in [0.4, 0.5) is 19.1 Å². The third-order valence-electron chi connectivity index (χ3n) is 6.14. The van der Waals surface area contributed by atoms with Crippen LogP contribution in [-0.2, 0) is 11.3 Å². The highest BCUT2D eigenvalue weighted by Gasteiger charge is 2.45. The maximum atomic E-state index is 13.3. The van der Waals surface area contributed by atoms with Crippen molar-refractivity contribution in [2.24, 2.45) is 0 Å². The van der Waals surface area contributed by atoms with Gasteiger partial charge in [-0.3, -0.25) is 9.59 Å². The van der Waals surface area contributed by atoms with Crippen LogP contribution >= 0.6 is 11.6 Å². The monoisotopic (exact) mass is 533 g/mol. The summed E-state index contributed by atoms with van der Waals surface area (Å²) in [5.41, 5.74) is 2.02. The summed E-state index contributed by atoms with van der Waals surface area (Å²) >= 11 is 6.25. The van der Waals surface area contributed by atoms with Crippen molar-refractivity contribution in [1.82, 2.24) is 20.2 Å². The molecule has 0 spiro atoms.